The molecule has 0 saturated carbocycles. The molecule has 0 fully saturated rings. The van der Waals surface area contributed by atoms with Gasteiger partial charge in [0.25, 0.3) is 0 Å². The average molecular weight is 345 g/mol. The van der Waals surface area contributed by atoms with Gasteiger partial charge in [-0.15, -0.1) is 0 Å². The molecule has 0 atom stereocenters. The van der Waals surface area contributed by atoms with Crippen LogP contribution in [0.3, 0.4) is 0 Å². The van der Waals surface area contributed by atoms with Gasteiger partial charge in [-0.05, 0) is 49.1 Å². The van der Waals surface area contributed by atoms with Gasteiger partial charge in [0.1, 0.15) is 0 Å². The second-order valence-corrected chi connectivity index (χ2v) is 6.26. The number of hydrogen-bond donors (Lipinski definition) is 2. The number of aryl methyl sites for hydroxylation is 1. The molecule has 0 aliphatic rings. The van der Waals surface area contributed by atoms with E-state index < -0.39 is 0 Å². The van der Waals surface area contributed by atoms with Crippen molar-refractivity contribution in [2.45, 2.75) is 25.7 Å². The zero-order valence-electron chi connectivity index (χ0n) is 13.9. The Balaban J connectivity index is 1.48. The number of hydrogen-bond acceptors (Lipinski definition) is 2. The molecule has 0 saturated heterocycles. The quantitative estimate of drug-likeness (QED) is 0.646. The molecule has 0 radical (unpaired) electrons. The van der Waals surface area contributed by atoms with Crippen molar-refractivity contribution in [3.05, 3.63) is 70.7 Å². The first kappa shape index (κ1) is 18.5. The molecule has 0 heterocycles. The number of rotatable bonds is 10. The Hall–Kier alpha value is -1.84. The maximum Gasteiger partial charge on any atom is 0.221 e. The molecule has 2 aromatic rings. The highest BCUT2D eigenvalue weighted by molar-refractivity contribution is 6.30. The van der Waals surface area contributed by atoms with Crippen molar-refractivity contribution in [3.8, 4) is 0 Å². The summed E-state index contributed by atoms with van der Waals surface area (Å²) in [7, 11) is 0. The highest BCUT2D eigenvalue weighted by Crippen LogP contribution is 2.10. The van der Waals surface area contributed by atoms with E-state index in [1.165, 1.54) is 11.1 Å². The van der Waals surface area contributed by atoms with Crippen molar-refractivity contribution in [2.75, 3.05) is 19.6 Å². The van der Waals surface area contributed by atoms with Gasteiger partial charge in [0, 0.05) is 24.5 Å². The van der Waals surface area contributed by atoms with Crippen LogP contribution in [0.2, 0.25) is 5.02 Å². The zero-order valence-corrected chi connectivity index (χ0v) is 14.7. The molecule has 3 nitrogen and oxygen atoms in total. The number of nitrogens with one attached hydrogen (secondary N) is 2. The van der Waals surface area contributed by atoms with Crippen LogP contribution in [0, 0.1) is 0 Å². The lowest BCUT2D eigenvalue weighted by Crippen LogP contribution is -2.29. The molecule has 4 heteroatoms. The fourth-order valence-corrected chi connectivity index (χ4v) is 2.72. The van der Waals surface area contributed by atoms with Gasteiger partial charge in [0.2, 0.25) is 5.91 Å². The SMILES string of the molecule is O=C(CCNCCc1cccc(Cl)c1)NCCCc1ccccc1. The Labute approximate surface area is 149 Å². The summed E-state index contributed by atoms with van der Waals surface area (Å²) in [4.78, 5) is 11.8. The third-order valence-electron chi connectivity index (χ3n) is 3.82. The van der Waals surface area contributed by atoms with Crippen LogP contribution < -0.4 is 10.6 Å². The van der Waals surface area contributed by atoms with Crippen LogP contribution in [0.25, 0.3) is 0 Å². The number of carbonyl (C=O) groups excluding carboxylic acids is 1. The molecule has 2 N–H and O–H groups in total. The van der Waals surface area contributed by atoms with Gasteiger partial charge in [-0.3, -0.25) is 4.79 Å². The van der Waals surface area contributed by atoms with Gasteiger partial charge < -0.3 is 10.6 Å². The molecule has 2 aromatic carbocycles. The van der Waals surface area contributed by atoms with E-state index in [1.54, 1.807) is 0 Å². The smallest absolute Gasteiger partial charge is 0.221 e. The molecule has 1 amide bonds. The van der Waals surface area contributed by atoms with Crippen molar-refractivity contribution < 1.29 is 4.79 Å². The summed E-state index contributed by atoms with van der Waals surface area (Å²) in [6.45, 7) is 2.28. The molecule has 2 rings (SSSR count). The fourth-order valence-electron chi connectivity index (χ4n) is 2.51. The summed E-state index contributed by atoms with van der Waals surface area (Å²) in [6.07, 6.45) is 3.40. The summed E-state index contributed by atoms with van der Waals surface area (Å²) >= 11 is 5.95. The van der Waals surface area contributed by atoms with E-state index in [0.29, 0.717) is 13.0 Å². The Morgan fingerprint density at radius 2 is 1.67 bits per heavy atom. The monoisotopic (exact) mass is 344 g/mol. The first-order chi connectivity index (χ1) is 11.7. The average Bonchev–Trinajstić information content (AvgIpc) is 2.59. The molecule has 0 spiro atoms. The van der Waals surface area contributed by atoms with Gasteiger partial charge in [-0.1, -0.05) is 54.1 Å². The minimum atomic E-state index is 0.110. The van der Waals surface area contributed by atoms with Crippen molar-refractivity contribution in [1.29, 1.82) is 0 Å². The largest absolute Gasteiger partial charge is 0.356 e. The molecule has 0 aliphatic heterocycles. The summed E-state index contributed by atoms with van der Waals surface area (Å²) < 4.78 is 0. The molecule has 0 aliphatic carbocycles. The van der Waals surface area contributed by atoms with Crippen LogP contribution in [-0.4, -0.2) is 25.5 Å². The number of benzene rings is 2. The minimum Gasteiger partial charge on any atom is -0.356 e. The Kier molecular flexibility index (Phi) is 8.36. The Bertz CT molecular complexity index is 616. The van der Waals surface area contributed by atoms with Crippen LogP contribution in [0.15, 0.2) is 54.6 Å². The summed E-state index contributed by atoms with van der Waals surface area (Å²) in [5.74, 6) is 0.110. The maximum absolute atomic E-state index is 11.8. The Morgan fingerprint density at radius 3 is 2.46 bits per heavy atom. The summed E-state index contributed by atoms with van der Waals surface area (Å²) in [6, 6.07) is 18.2. The van der Waals surface area contributed by atoms with E-state index in [2.05, 4.69) is 28.8 Å². The van der Waals surface area contributed by atoms with Crippen molar-refractivity contribution in [1.82, 2.24) is 10.6 Å². The highest BCUT2D eigenvalue weighted by atomic mass is 35.5. The maximum atomic E-state index is 11.8. The minimum absolute atomic E-state index is 0.110. The predicted octanol–water partition coefficient (Wildman–Crippen LogP) is 3.61. The van der Waals surface area contributed by atoms with Crippen molar-refractivity contribution in [3.63, 3.8) is 0 Å². The molecule has 0 aromatic heterocycles. The van der Waals surface area contributed by atoms with Gasteiger partial charge in [0.05, 0.1) is 0 Å². The second-order valence-electron chi connectivity index (χ2n) is 5.82. The predicted molar refractivity (Wildman–Crippen MR) is 100 cm³/mol. The lowest BCUT2D eigenvalue weighted by Gasteiger charge is -2.07. The molecule has 128 valence electrons. The molecular formula is C20H25ClN2O. The van der Waals surface area contributed by atoms with E-state index in [0.717, 1.165) is 37.4 Å². The first-order valence-electron chi connectivity index (χ1n) is 8.50. The highest BCUT2D eigenvalue weighted by Gasteiger charge is 2.01. The number of carbonyl (C=O) groups is 1. The van der Waals surface area contributed by atoms with E-state index in [4.69, 9.17) is 11.6 Å². The van der Waals surface area contributed by atoms with Gasteiger partial charge in [-0.25, -0.2) is 0 Å². The fraction of sp³-hybridized carbons (Fsp3) is 0.350. The van der Waals surface area contributed by atoms with Crippen LogP contribution in [0.1, 0.15) is 24.0 Å². The van der Waals surface area contributed by atoms with E-state index in [-0.39, 0.29) is 5.91 Å². The van der Waals surface area contributed by atoms with Crippen molar-refractivity contribution in [2.24, 2.45) is 0 Å². The van der Waals surface area contributed by atoms with Crippen molar-refractivity contribution >= 4 is 17.5 Å². The summed E-state index contributed by atoms with van der Waals surface area (Å²) in [5.41, 5.74) is 2.52. The van der Waals surface area contributed by atoms with Crippen LogP contribution in [0.4, 0.5) is 0 Å². The topological polar surface area (TPSA) is 41.1 Å². The van der Waals surface area contributed by atoms with Crippen LogP contribution >= 0.6 is 11.6 Å². The first-order valence-corrected chi connectivity index (χ1v) is 8.87. The molecule has 0 unspecified atom stereocenters. The van der Waals surface area contributed by atoms with Gasteiger partial charge >= 0.3 is 0 Å². The molecular weight excluding hydrogens is 320 g/mol. The van der Waals surface area contributed by atoms with Gasteiger partial charge in [0.15, 0.2) is 0 Å². The number of halogens is 1. The lowest BCUT2D eigenvalue weighted by molar-refractivity contribution is -0.120. The third-order valence-corrected chi connectivity index (χ3v) is 4.05. The molecule has 0 bridgehead atoms. The second kappa shape index (κ2) is 10.8. The van der Waals surface area contributed by atoms with Crippen LogP contribution in [0.5, 0.6) is 0 Å². The standard InChI is InChI=1S/C20H25ClN2O/c21-19-10-4-8-18(16-19)11-14-22-15-12-20(24)23-13-5-9-17-6-2-1-3-7-17/h1-4,6-8,10,16,22H,5,9,11-15H2,(H,23,24). The lowest BCUT2D eigenvalue weighted by atomic mass is 10.1. The van der Waals surface area contributed by atoms with E-state index in [1.807, 2.05) is 36.4 Å². The normalized spacial score (nSPS) is 10.5. The van der Waals surface area contributed by atoms with E-state index in [9.17, 15) is 4.79 Å². The summed E-state index contributed by atoms with van der Waals surface area (Å²) in [5, 5.41) is 7.04. The van der Waals surface area contributed by atoms with Gasteiger partial charge in [-0.2, -0.15) is 0 Å². The van der Waals surface area contributed by atoms with Crippen LogP contribution in [-0.2, 0) is 17.6 Å². The van der Waals surface area contributed by atoms with E-state index >= 15 is 0 Å². The molecule has 24 heavy (non-hydrogen) atoms. The zero-order chi connectivity index (χ0) is 17.0. The number of amides is 1. The Morgan fingerprint density at radius 1 is 0.875 bits per heavy atom. The third kappa shape index (κ3) is 7.62.